The fourth-order valence-corrected chi connectivity index (χ4v) is 3.57. The summed E-state index contributed by atoms with van der Waals surface area (Å²) in [5.41, 5.74) is 2.61. The number of fused-ring (bicyclic) bond motifs is 1. The van der Waals surface area contributed by atoms with Crippen LogP contribution in [-0.2, 0) is 4.79 Å². The second kappa shape index (κ2) is 8.36. The van der Waals surface area contributed by atoms with Gasteiger partial charge in [0.2, 0.25) is 0 Å². The maximum atomic E-state index is 12.4. The van der Waals surface area contributed by atoms with Crippen molar-refractivity contribution in [2.45, 2.75) is 20.0 Å². The van der Waals surface area contributed by atoms with Crippen LogP contribution < -0.4 is 14.8 Å². The van der Waals surface area contributed by atoms with Gasteiger partial charge < -0.3 is 14.8 Å². The van der Waals surface area contributed by atoms with Crippen molar-refractivity contribution in [2.75, 3.05) is 11.9 Å². The number of carbonyl (C=O) groups excluding carboxylic acids is 1. The van der Waals surface area contributed by atoms with Crippen LogP contribution in [0.1, 0.15) is 13.8 Å². The fourth-order valence-electron chi connectivity index (χ4n) is 2.87. The van der Waals surface area contributed by atoms with E-state index in [1.807, 2.05) is 65.5 Å². The molecule has 0 saturated carbocycles. The quantitative estimate of drug-likeness (QED) is 0.475. The van der Waals surface area contributed by atoms with Gasteiger partial charge in [0.15, 0.2) is 11.1 Å². The highest BCUT2D eigenvalue weighted by molar-refractivity contribution is 7.15. The molecule has 29 heavy (non-hydrogen) atoms. The molecule has 7 heteroatoms. The summed E-state index contributed by atoms with van der Waals surface area (Å²) in [4.78, 5) is 18.0. The topological polar surface area (TPSA) is 64.9 Å². The number of anilines is 1. The standard InChI is InChI=1S/C22H21N3O3S/c1-3-27-18-8-10-19(11-9-18)28-15(2)21(26)23-17-6-4-16(5-7-17)20-14-25-12-13-29-22(25)24-20/h4-15H,3H2,1-2H3,(H,23,26). The summed E-state index contributed by atoms with van der Waals surface area (Å²) in [5.74, 6) is 1.18. The summed E-state index contributed by atoms with van der Waals surface area (Å²) >= 11 is 1.60. The van der Waals surface area contributed by atoms with Crippen molar-refractivity contribution in [3.63, 3.8) is 0 Å². The molecule has 4 aromatic rings. The number of imidazole rings is 1. The average molecular weight is 407 g/mol. The van der Waals surface area contributed by atoms with Crippen molar-refractivity contribution in [2.24, 2.45) is 0 Å². The molecule has 0 fully saturated rings. The zero-order valence-corrected chi connectivity index (χ0v) is 17.0. The minimum atomic E-state index is -0.632. The van der Waals surface area contributed by atoms with E-state index in [1.165, 1.54) is 0 Å². The van der Waals surface area contributed by atoms with Crippen LogP contribution in [0.15, 0.2) is 66.3 Å². The Balaban J connectivity index is 1.36. The largest absolute Gasteiger partial charge is 0.494 e. The lowest BCUT2D eigenvalue weighted by molar-refractivity contribution is -0.122. The van der Waals surface area contributed by atoms with Gasteiger partial charge in [0.1, 0.15) is 11.5 Å². The molecule has 0 spiro atoms. The van der Waals surface area contributed by atoms with E-state index in [0.29, 0.717) is 18.0 Å². The van der Waals surface area contributed by atoms with E-state index >= 15 is 0 Å². The number of carbonyl (C=O) groups is 1. The van der Waals surface area contributed by atoms with Gasteiger partial charge in [-0.25, -0.2) is 4.98 Å². The lowest BCUT2D eigenvalue weighted by Crippen LogP contribution is -2.30. The third-order valence-corrected chi connectivity index (χ3v) is 5.13. The molecule has 0 saturated heterocycles. The number of benzene rings is 2. The van der Waals surface area contributed by atoms with Crippen LogP contribution in [0.4, 0.5) is 5.69 Å². The molecule has 1 unspecified atom stereocenters. The van der Waals surface area contributed by atoms with Crippen molar-refractivity contribution in [1.29, 1.82) is 0 Å². The van der Waals surface area contributed by atoms with E-state index in [9.17, 15) is 4.79 Å². The van der Waals surface area contributed by atoms with Gasteiger partial charge in [-0.05, 0) is 50.2 Å². The van der Waals surface area contributed by atoms with Gasteiger partial charge in [-0.3, -0.25) is 9.20 Å². The van der Waals surface area contributed by atoms with Crippen molar-refractivity contribution in [1.82, 2.24) is 9.38 Å². The Morgan fingerprint density at radius 1 is 1.14 bits per heavy atom. The first kappa shape index (κ1) is 19.0. The summed E-state index contributed by atoms with van der Waals surface area (Å²) in [6, 6.07) is 14.8. The predicted octanol–water partition coefficient (Wildman–Crippen LogP) is 4.87. The Kier molecular flexibility index (Phi) is 5.48. The molecule has 1 atom stereocenters. The number of hydrogen-bond acceptors (Lipinski definition) is 5. The van der Waals surface area contributed by atoms with Crippen LogP contribution in [0.25, 0.3) is 16.2 Å². The molecule has 2 aromatic carbocycles. The van der Waals surface area contributed by atoms with Gasteiger partial charge in [-0.1, -0.05) is 12.1 Å². The van der Waals surface area contributed by atoms with E-state index in [2.05, 4.69) is 10.3 Å². The molecule has 6 nitrogen and oxygen atoms in total. The number of hydrogen-bond donors (Lipinski definition) is 1. The van der Waals surface area contributed by atoms with Gasteiger partial charge >= 0.3 is 0 Å². The van der Waals surface area contributed by atoms with Crippen molar-refractivity contribution in [3.8, 4) is 22.8 Å². The summed E-state index contributed by atoms with van der Waals surface area (Å²) in [7, 11) is 0. The van der Waals surface area contributed by atoms with E-state index < -0.39 is 6.10 Å². The monoisotopic (exact) mass is 407 g/mol. The number of rotatable bonds is 7. The Hall–Kier alpha value is -3.32. The highest BCUT2D eigenvalue weighted by atomic mass is 32.1. The number of aromatic nitrogens is 2. The lowest BCUT2D eigenvalue weighted by Gasteiger charge is -2.15. The third kappa shape index (κ3) is 4.41. The van der Waals surface area contributed by atoms with Gasteiger partial charge in [-0.2, -0.15) is 0 Å². The van der Waals surface area contributed by atoms with Crippen LogP contribution >= 0.6 is 11.3 Å². The van der Waals surface area contributed by atoms with Crippen LogP contribution in [0.2, 0.25) is 0 Å². The number of nitrogens with zero attached hydrogens (tertiary/aromatic N) is 2. The Bertz CT molecular complexity index is 1070. The first-order chi connectivity index (χ1) is 14.1. The molecule has 0 bridgehead atoms. The normalized spacial score (nSPS) is 11.9. The molecule has 1 N–H and O–H groups in total. The molecule has 0 aliphatic carbocycles. The SMILES string of the molecule is CCOc1ccc(OC(C)C(=O)Nc2ccc(-c3cn4ccsc4n3)cc2)cc1. The molecule has 4 rings (SSSR count). The number of thiazole rings is 1. The maximum absolute atomic E-state index is 12.4. The molecular weight excluding hydrogens is 386 g/mol. The zero-order chi connectivity index (χ0) is 20.2. The predicted molar refractivity (Wildman–Crippen MR) is 115 cm³/mol. The smallest absolute Gasteiger partial charge is 0.265 e. The maximum Gasteiger partial charge on any atom is 0.265 e. The van der Waals surface area contributed by atoms with Gasteiger partial charge in [0.25, 0.3) is 5.91 Å². The van der Waals surface area contributed by atoms with Gasteiger partial charge in [-0.15, -0.1) is 11.3 Å². The minimum absolute atomic E-state index is 0.214. The van der Waals surface area contributed by atoms with Crippen molar-refractivity contribution in [3.05, 3.63) is 66.3 Å². The Labute approximate surface area is 172 Å². The van der Waals surface area contributed by atoms with Crippen LogP contribution in [-0.4, -0.2) is 28.0 Å². The van der Waals surface area contributed by atoms with Gasteiger partial charge in [0, 0.05) is 29.0 Å². The third-order valence-electron chi connectivity index (χ3n) is 4.36. The highest BCUT2D eigenvalue weighted by Gasteiger charge is 2.15. The highest BCUT2D eigenvalue weighted by Crippen LogP contribution is 2.23. The van der Waals surface area contributed by atoms with Crippen molar-refractivity contribution < 1.29 is 14.3 Å². The Morgan fingerprint density at radius 2 is 1.86 bits per heavy atom. The molecule has 2 aromatic heterocycles. The minimum Gasteiger partial charge on any atom is -0.494 e. The van der Waals surface area contributed by atoms with E-state index in [-0.39, 0.29) is 5.91 Å². The van der Waals surface area contributed by atoms with Crippen molar-refractivity contribution >= 4 is 27.9 Å². The first-order valence-corrected chi connectivity index (χ1v) is 10.2. The van der Waals surface area contributed by atoms with E-state index in [1.54, 1.807) is 30.4 Å². The molecule has 2 heterocycles. The molecule has 0 aliphatic heterocycles. The van der Waals surface area contributed by atoms with Gasteiger partial charge in [0.05, 0.1) is 12.3 Å². The summed E-state index contributed by atoms with van der Waals surface area (Å²) in [6.07, 6.45) is 3.34. The number of ether oxygens (including phenoxy) is 2. The zero-order valence-electron chi connectivity index (χ0n) is 16.2. The van der Waals surface area contributed by atoms with E-state index in [4.69, 9.17) is 9.47 Å². The van der Waals surface area contributed by atoms with E-state index in [0.717, 1.165) is 22.0 Å². The summed E-state index contributed by atoms with van der Waals surface area (Å²) in [5, 5.41) is 4.88. The summed E-state index contributed by atoms with van der Waals surface area (Å²) in [6.45, 7) is 4.26. The molecule has 148 valence electrons. The van der Waals surface area contributed by atoms with Crippen LogP contribution in [0.5, 0.6) is 11.5 Å². The average Bonchev–Trinajstić information content (AvgIpc) is 3.32. The lowest BCUT2D eigenvalue weighted by atomic mass is 10.1. The van der Waals surface area contributed by atoms with Crippen LogP contribution in [0.3, 0.4) is 0 Å². The second-order valence-electron chi connectivity index (χ2n) is 6.45. The second-order valence-corrected chi connectivity index (χ2v) is 7.32. The fraction of sp³-hybridized carbons (Fsp3) is 0.182. The number of amides is 1. The molecule has 0 radical (unpaired) electrons. The summed E-state index contributed by atoms with van der Waals surface area (Å²) < 4.78 is 13.1. The molecular formula is C22H21N3O3S. The Morgan fingerprint density at radius 3 is 2.55 bits per heavy atom. The molecule has 0 aliphatic rings. The molecule has 1 amide bonds. The van der Waals surface area contributed by atoms with Crippen LogP contribution in [0, 0.1) is 0 Å². The first-order valence-electron chi connectivity index (χ1n) is 9.35. The number of nitrogens with one attached hydrogen (secondary N) is 1.